The summed E-state index contributed by atoms with van der Waals surface area (Å²) in [4.78, 5) is 26.1. The Labute approximate surface area is 222 Å². The first-order valence-electron chi connectivity index (χ1n) is 12.3. The number of carbonyl (C=O) groups is 2. The van der Waals surface area contributed by atoms with E-state index in [2.05, 4.69) is 10.6 Å². The van der Waals surface area contributed by atoms with Crippen LogP contribution in [0.5, 0.6) is 0 Å². The molecule has 2 aliphatic rings. The van der Waals surface area contributed by atoms with E-state index in [1.54, 1.807) is 6.07 Å². The van der Waals surface area contributed by atoms with Crippen molar-refractivity contribution in [2.24, 2.45) is 5.92 Å². The van der Waals surface area contributed by atoms with E-state index in [-0.39, 0.29) is 45.4 Å². The summed E-state index contributed by atoms with van der Waals surface area (Å²) in [5.41, 5.74) is 1.52. The number of benzene rings is 2. The van der Waals surface area contributed by atoms with Crippen LogP contribution in [0.3, 0.4) is 0 Å². The highest BCUT2D eigenvalue weighted by Crippen LogP contribution is 2.31. The second kappa shape index (κ2) is 11.5. The molecule has 2 N–H and O–H groups in total. The summed E-state index contributed by atoms with van der Waals surface area (Å²) in [7, 11) is -3.90. The number of nitrogens with zero attached hydrogens (tertiary/aromatic N) is 1. The van der Waals surface area contributed by atoms with Crippen molar-refractivity contribution in [2.75, 3.05) is 13.1 Å². The number of piperidine rings is 1. The number of sulfonamides is 1. The molecule has 0 radical (unpaired) electrons. The first-order valence-corrected chi connectivity index (χ1v) is 14.5. The average Bonchev–Trinajstić information content (AvgIpc) is 2.87. The van der Waals surface area contributed by atoms with Gasteiger partial charge in [-0.05, 0) is 62.4 Å². The molecule has 1 aliphatic carbocycles. The maximum Gasteiger partial charge on any atom is 0.251 e. The number of rotatable bonds is 6. The molecule has 36 heavy (non-hydrogen) atoms. The molecule has 4 rings (SSSR count). The van der Waals surface area contributed by atoms with Gasteiger partial charge in [-0.3, -0.25) is 9.59 Å². The Kier molecular flexibility index (Phi) is 8.60. The number of nitrogens with one attached hydrogen (secondary N) is 2. The molecule has 1 heterocycles. The van der Waals surface area contributed by atoms with Crippen molar-refractivity contribution >= 4 is 45.0 Å². The second-order valence-electron chi connectivity index (χ2n) is 9.57. The molecule has 2 fully saturated rings. The number of hydrogen-bond acceptors (Lipinski definition) is 4. The third-order valence-corrected chi connectivity index (χ3v) is 9.65. The highest BCUT2D eigenvalue weighted by molar-refractivity contribution is 7.89. The molecule has 3 atom stereocenters. The largest absolute Gasteiger partial charge is 0.351 e. The van der Waals surface area contributed by atoms with Crippen molar-refractivity contribution in [3.8, 4) is 0 Å². The molecule has 1 unspecified atom stereocenters. The molecule has 1 saturated carbocycles. The summed E-state index contributed by atoms with van der Waals surface area (Å²) in [6.45, 7) is 2.28. The summed E-state index contributed by atoms with van der Waals surface area (Å²) in [5, 5.41) is 6.61. The minimum atomic E-state index is -3.90. The maximum atomic E-state index is 13.3. The van der Waals surface area contributed by atoms with Gasteiger partial charge in [-0.15, -0.1) is 0 Å². The molecule has 2 aromatic rings. The number of aryl methyl sites for hydroxylation is 1. The summed E-state index contributed by atoms with van der Waals surface area (Å²) >= 11 is 12.2. The van der Waals surface area contributed by atoms with E-state index < -0.39 is 15.9 Å². The van der Waals surface area contributed by atoms with Crippen molar-refractivity contribution < 1.29 is 18.0 Å². The van der Waals surface area contributed by atoms with Gasteiger partial charge in [0.25, 0.3) is 5.91 Å². The van der Waals surface area contributed by atoms with Gasteiger partial charge >= 0.3 is 0 Å². The lowest BCUT2D eigenvalue weighted by atomic mass is 9.89. The fourth-order valence-electron chi connectivity index (χ4n) is 5.04. The lowest BCUT2D eigenvalue weighted by Crippen LogP contribution is -2.55. The van der Waals surface area contributed by atoms with E-state index in [0.29, 0.717) is 24.9 Å². The smallest absolute Gasteiger partial charge is 0.251 e. The predicted molar refractivity (Wildman–Crippen MR) is 141 cm³/mol. The van der Waals surface area contributed by atoms with Crippen LogP contribution in [0, 0.1) is 12.8 Å². The SMILES string of the molecule is Cc1ccccc1C(=O)N[C@@H]1CCCC[C@H]1NC(=O)C1CCCN(S(=O)(=O)c2cc(Cl)ccc2Cl)C1. The Morgan fingerprint density at radius 2 is 1.64 bits per heavy atom. The topological polar surface area (TPSA) is 95.6 Å². The van der Waals surface area contributed by atoms with Gasteiger partial charge in [-0.1, -0.05) is 54.2 Å². The summed E-state index contributed by atoms with van der Waals surface area (Å²) in [6.07, 6.45) is 4.63. The Morgan fingerprint density at radius 1 is 0.944 bits per heavy atom. The molecular formula is C26H31Cl2N3O4S. The zero-order chi connectivity index (χ0) is 25.9. The highest BCUT2D eigenvalue weighted by atomic mass is 35.5. The van der Waals surface area contributed by atoms with Crippen molar-refractivity contribution in [2.45, 2.75) is 62.4 Å². The van der Waals surface area contributed by atoms with Gasteiger partial charge in [-0.2, -0.15) is 4.31 Å². The van der Waals surface area contributed by atoms with Gasteiger partial charge in [0.1, 0.15) is 4.90 Å². The Bertz CT molecular complexity index is 1240. The fourth-order valence-corrected chi connectivity index (χ4v) is 7.30. The van der Waals surface area contributed by atoms with E-state index in [9.17, 15) is 18.0 Å². The molecular weight excluding hydrogens is 521 g/mol. The third-order valence-electron chi connectivity index (χ3n) is 7.07. The zero-order valence-corrected chi connectivity index (χ0v) is 22.5. The van der Waals surface area contributed by atoms with Crippen LogP contribution in [0.4, 0.5) is 0 Å². The molecule has 1 saturated heterocycles. The minimum absolute atomic E-state index is 0.0519. The van der Waals surface area contributed by atoms with Gasteiger partial charge in [0, 0.05) is 35.8 Å². The monoisotopic (exact) mass is 551 g/mol. The van der Waals surface area contributed by atoms with Crippen LogP contribution >= 0.6 is 23.2 Å². The van der Waals surface area contributed by atoms with Crippen molar-refractivity contribution in [3.63, 3.8) is 0 Å². The normalized spacial score (nSPS) is 23.1. The van der Waals surface area contributed by atoms with E-state index >= 15 is 0 Å². The molecule has 2 amide bonds. The lowest BCUT2D eigenvalue weighted by Gasteiger charge is -2.36. The first-order chi connectivity index (χ1) is 17.2. The molecule has 2 aromatic carbocycles. The minimum Gasteiger partial charge on any atom is -0.351 e. The van der Waals surface area contributed by atoms with Gasteiger partial charge in [0.05, 0.1) is 10.9 Å². The Hall–Kier alpha value is -2.13. The van der Waals surface area contributed by atoms with Crippen molar-refractivity contribution in [1.29, 1.82) is 0 Å². The number of carbonyl (C=O) groups excluding carboxylic acids is 2. The standard InChI is InChI=1S/C26H31Cl2N3O4S/c1-17-7-2-3-9-20(17)26(33)30-23-11-5-4-10-22(23)29-25(32)18-8-6-14-31(16-18)36(34,35)24-15-19(27)12-13-21(24)28/h2-3,7,9,12-13,15,18,22-23H,4-6,8,10-11,14,16H2,1H3,(H,29,32)(H,30,33)/t18?,22-,23-/m1/s1. The third kappa shape index (κ3) is 6.05. The van der Waals surface area contributed by atoms with E-state index in [4.69, 9.17) is 23.2 Å². The van der Waals surface area contributed by atoms with Gasteiger partial charge in [0.2, 0.25) is 15.9 Å². The highest BCUT2D eigenvalue weighted by Gasteiger charge is 2.36. The van der Waals surface area contributed by atoms with Crippen LogP contribution < -0.4 is 10.6 Å². The van der Waals surface area contributed by atoms with Gasteiger partial charge in [0.15, 0.2) is 0 Å². The second-order valence-corrected chi connectivity index (χ2v) is 12.3. The van der Waals surface area contributed by atoms with Crippen LogP contribution in [0.15, 0.2) is 47.4 Å². The molecule has 1 aliphatic heterocycles. The number of amides is 2. The summed E-state index contributed by atoms with van der Waals surface area (Å²) in [6, 6.07) is 11.4. The zero-order valence-electron chi connectivity index (χ0n) is 20.2. The number of halogens is 2. The summed E-state index contributed by atoms with van der Waals surface area (Å²) in [5.74, 6) is -0.817. The predicted octanol–water partition coefficient (Wildman–Crippen LogP) is 4.56. The van der Waals surface area contributed by atoms with Crippen LogP contribution in [0.1, 0.15) is 54.4 Å². The van der Waals surface area contributed by atoms with E-state index in [1.807, 2.05) is 25.1 Å². The molecule has 0 spiro atoms. The van der Waals surface area contributed by atoms with Crippen LogP contribution in [0.25, 0.3) is 0 Å². The van der Waals surface area contributed by atoms with E-state index in [1.165, 1.54) is 22.5 Å². The maximum absolute atomic E-state index is 13.3. The fraction of sp³-hybridized carbons (Fsp3) is 0.462. The quantitative estimate of drug-likeness (QED) is 0.550. The molecule has 10 heteroatoms. The average molecular weight is 553 g/mol. The molecule has 0 aromatic heterocycles. The molecule has 0 bridgehead atoms. The van der Waals surface area contributed by atoms with Crippen LogP contribution in [0.2, 0.25) is 10.0 Å². The van der Waals surface area contributed by atoms with Crippen LogP contribution in [-0.2, 0) is 14.8 Å². The van der Waals surface area contributed by atoms with Crippen LogP contribution in [-0.4, -0.2) is 49.7 Å². The summed E-state index contributed by atoms with van der Waals surface area (Å²) < 4.78 is 27.8. The Morgan fingerprint density at radius 3 is 2.36 bits per heavy atom. The van der Waals surface area contributed by atoms with Gasteiger partial charge < -0.3 is 10.6 Å². The van der Waals surface area contributed by atoms with E-state index in [0.717, 1.165) is 31.2 Å². The van der Waals surface area contributed by atoms with Crippen molar-refractivity contribution in [1.82, 2.24) is 14.9 Å². The first kappa shape index (κ1) is 26.9. The number of hydrogen-bond donors (Lipinski definition) is 2. The van der Waals surface area contributed by atoms with Gasteiger partial charge in [-0.25, -0.2) is 8.42 Å². The molecule has 194 valence electrons. The Balaban J connectivity index is 1.43. The van der Waals surface area contributed by atoms with Crippen molar-refractivity contribution in [3.05, 3.63) is 63.6 Å². The molecule has 7 nitrogen and oxygen atoms in total. The lowest BCUT2D eigenvalue weighted by molar-refractivity contribution is -0.127.